The first kappa shape index (κ1) is 16.6. The molecule has 0 fully saturated rings. The van der Waals surface area contributed by atoms with Gasteiger partial charge in [-0.25, -0.2) is 4.79 Å². The number of esters is 1. The van der Waals surface area contributed by atoms with Gasteiger partial charge in [0.05, 0.1) is 15.6 Å². The lowest BCUT2D eigenvalue weighted by Crippen LogP contribution is -2.21. The van der Waals surface area contributed by atoms with Crippen LogP contribution in [0.25, 0.3) is 0 Å². The summed E-state index contributed by atoms with van der Waals surface area (Å²) in [7, 11) is 0. The Morgan fingerprint density at radius 1 is 1.05 bits per heavy atom. The average molecular weight is 359 g/mol. The largest absolute Gasteiger partial charge is 0.452 e. The summed E-state index contributed by atoms with van der Waals surface area (Å²) in [6.45, 7) is -0.450. The molecule has 4 nitrogen and oxygen atoms in total. The number of hydrogen-bond acceptors (Lipinski definition) is 3. The van der Waals surface area contributed by atoms with E-state index in [1.165, 1.54) is 6.07 Å². The minimum Gasteiger partial charge on any atom is -0.452 e. The molecule has 2 aromatic carbocycles. The molecule has 0 radical (unpaired) electrons. The Morgan fingerprint density at radius 3 is 2.50 bits per heavy atom. The van der Waals surface area contributed by atoms with Crippen LogP contribution in [0.3, 0.4) is 0 Å². The van der Waals surface area contributed by atoms with Crippen molar-refractivity contribution in [3.8, 4) is 0 Å². The third-order valence-electron chi connectivity index (χ3n) is 2.61. The van der Waals surface area contributed by atoms with Gasteiger partial charge in [0.25, 0.3) is 5.91 Å². The Hall–Kier alpha value is -1.75. The molecule has 7 heteroatoms. The molecule has 0 heterocycles. The molecule has 22 heavy (non-hydrogen) atoms. The highest BCUT2D eigenvalue weighted by Gasteiger charge is 2.15. The molecule has 0 spiro atoms. The first-order valence-corrected chi connectivity index (χ1v) is 7.27. The van der Waals surface area contributed by atoms with Crippen molar-refractivity contribution in [2.45, 2.75) is 0 Å². The Morgan fingerprint density at radius 2 is 1.77 bits per heavy atom. The van der Waals surface area contributed by atoms with Crippen LogP contribution in [0.2, 0.25) is 15.1 Å². The lowest BCUT2D eigenvalue weighted by Gasteiger charge is -2.08. The zero-order valence-electron chi connectivity index (χ0n) is 11.1. The molecule has 114 valence electrons. The van der Waals surface area contributed by atoms with Crippen LogP contribution in [0, 0.1) is 0 Å². The molecule has 0 aliphatic rings. The molecule has 0 aliphatic heterocycles. The number of hydrogen-bond donors (Lipinski definition) is 1. The normalized spacial score (nSPS) is 10.1. The van der Waals surface area contributed by atoms with Crippen molar-refractivity contribution in [2.75, 3.05) is 11.9 Å². The van der Waals surface area contributed by atoms with Gasteiger partial charge in [-0.2, -0.15) is 0 Å². The van der Waals surface area contributed by atoms with Crippen molar-refractivity contribution in [3.63, 3.8) is 0 Å². The van der Waals surface area contributed by atoms with Crippen LogP contribution < -0.4 is 5.32 Å². The summed E-state index contributed by atoms with van der Waals surface area (Å²) in [6, 6.07) is 11.2. The first-order valence-electron chi connectivity index (χ1n) is 6.14. The Balaban J connectivity index is 1.93. The summed E-state index contributed by atoms with van der Waals surface area (Å²) in [4.78, 5) is 23.6. The molecule has 1 amide bonds. The van der Waals surface area contributed by atoms with Crippen LogP contribution in [0.5, 0.6) is 0 Å². The predicted octanol–water partition coefficient (Wildman–Crippen LogP) is 4.44. The number of ether oxygens (including phenoxy) is 1. The van der Waals surface area contributed by atoms with Gasteiger partial charge in [0, 0.05) is 10.7 Å². The summed E-state index contributed by atoms with van der Waals surface area (Å²) >= 11 is 17.5. The van der Waals surface area contributed by atoms with Gasteiger partial charge in [0.15, 0.2) is 6.61 Å². The van der Waals surface area contributed by atoms with Crippen LogP contribution in [0.15, 0.2) is 42.5 Å². The quantitative estimate of drug-likeness (QED) is 0.822. The van der Waals surface area contributed by atoms with Gasteiger partial charge in [-0.1, -0.05) is 46.9 Å². The second kappa shape index (κ2) is 7.49. The fraction of sp³-hybridized carbons (Fsp3) is 0.0667. The third kappa shape index (κ3) is 4.37. The number of halogens is 3. The molecule has 0 bridgehead atoms. The van der Waals surface area contributed by atoms with Gasteiger partial charge >= 0.3 is 5.97 Å². The Labute approximate surface area is 141 Å². The summed E-state index contributed by atoms with van der Waals surface area (Å²) in [6.07, 6.45) is 0. The standard InChI is InChI=1S/C15H10Cl3NO3/c16-9-3-1-4-10(7-9)19-13(20)8-22-15(21)11-5-2-6-12(17)14(11)18/h1-7H,8H2,(H,19,20). The lowest BCUT2D eigenvalue weighted by atomic mass is 10.2. The molecule has 0 aliphatic carbocycles. The van der Waals surface area contributed by atoms with Gasteiger partial charge < -0.3 is 10.1 Å². The Kier molecular flexibility index (Phi) is 5.66. The maximum atomic E-state index is 11.9. The zero-order valence-corrected chi connectivity index (χ0v) is 13.4. The number of carbonyl (C=O) groups is 2. The minimum absolute atomic E-state index is 0.0874. The number of anilines is 1. The third-order valence-corrected chi connectivity index (χ3v) is 3.67. The van der Waals surface area contributed by atoms with Crippen LogP contribution in [-0.2, 0) is 9.53 Å². The Bertz CT molecular complexity index is 719. The SMILES string of the molecule is O=C(COC(=O)c1cccc(Cl)c1Cl)Nc1cccc(Cl)c1. The number of rotatable bonds is 4. The number of nitrogens with one attached hydrogen (secondary N) is 1. The number of carbonyl (C=O) groups excluding carboxylic acids is 2. The number of benzene rings is 2. The molecule has 0 atom stereocenters. The van der Waals surface area contributed by atoms with Gasteiger partial charge in [-0.05, 0) is 30.3 Å². The van der Waals surface area contributed by atoms with Gasteiger partial charge in [0.1, 0.15) is 0 Å². The molecular formula is C15H10Cl3NO3. The van der Waals surface area contributed by atoms with E-state index in [1.807, 2.05) is 0 Å². The van der Waals surface area contributed by atoms with Crippen LogP contribution in [-0.4, -0.2) is 18.5 Å². The second-order valence-electron chi connectivity index (χ2n) is 4.24. The fourth-order valence-corrected chi connectivity index (χ4v) is 2.20. The van der Waals surface area contributed by atoms with Gasteiger partial charge in [0.2, 0.25) is 0 Å². The molecule has 0 saturated heterocycles. The van der Waals surface area contributed by atoms with Crippen molar-refractivity contribution in [1.29, 1.82) is 0 Å². The van der Waals surface area contributed by atoms with Crippen LogP contribution >= 0.6 is 34.8 Å². The molecule has 1 N–H and O–H groups in total. The molecule has 0 saturated carbocycles. The summed E-state index contributed by atoms with van der Waals surface area (Å²) in [5.74, 6) is -1.22. The minimum atomic E-state index is -0.728. The molecular weight excluding hydrogens is 349 g/mol. The van der Waals surface area contributed by atoms with Crippen molar-refractivity contribution in [1.82, 2.24) is 0 Å². The summed E-state index contributed by atoms with van der Waals surface area (Å²) in [5, 5.41) is 3.37. The summed E-state index contributed by atoms with van der Waals surface area (Å²) < 4.78 is 4.90. The maximum Gasteiger partial charge on any atom is 0.340 e. The number of amides is 1. The van der Waals surface area contributed by atoms with Crippen molar-refractivity contribution in [3.05, 3.63) is 63.1 Å². The zero-order chi connectivity index (χ0) is 16.1. The van der Waals surface area contributed by atoms with E-state index < -0.39 is 18.5 Å². The van der Waals surface area contributed by atoms with E-state index in [-0.39, 0.29) is 15.6 Å². The van der Waals surface area contributed by atoms with Crippen LogP contribution in [0.1, 0.15) is 10.4 Å². The maximum absolute atomic E-state index is 11.9. The van der Waals surface area contributed by atoms with Gasteiger partial charge in [-0.15, -0.1) is 0 Å². The fourth-order valence-electron chi connectivity index (χ4n) is 1.63. The van der Waals surface area contributed by atoms with E-state index in [0.717, 1.165) is 0 Å². The van der Waals surface area contributed by atoms with Crippen molar-refractivity contribution < 1.29 is 14.3 Å². The monoisotopic (exact) mass is 357 g/mol. The highest BCUT2D eigenvalue weighted by atomic mass is 35.5. The highest BCUT2D eigenvalue weighted by molar-refractivity contribution is 6.43. The molecule has 0 aromatic heterocycles. The van der Waals surface area contributed by atoms with Gasteiger partial charge in [-0.3, -0.25) is 4.79 Å². The van der Waals surface area contributed by atoms with E-state index in [4.69, 9.17) is 39.5 Å². The first-order chi connectivity index (χ1) is 10.5. The van der Waals surface area contributed by atoms with Crippen molar-refractivity contribution >= 4 is 52.4 Å². The second-order valence-corrected chi connectivity index (χ2v) is 5.46. The molecule has 2 aromatic rings. The van der Waals surface area contributed by atoms with E-state index in [9.17, 15) is 9.59 Å². The molecule has 0 unspecified atom stereocenters. The smallest absolute Gasteiger partial charge is 0.340 e. The molecule has 2 rings (SSSR count). The topological polar surface area (TPSA) is 55.4 Å². The predicted molar refractivity (Wildman–Crippen MR) is 86.8 cm³/mol. The van der Waals surface area contributed by atoms with Crippen LogP contribution in [0.4, 0.5) is 5.69 Å². The highest BCUT2D eigenvalue weighted by Crippen LogP contribution is 2.26. The van der Waals surface area contributed by atoms with E-state index in [1.54, 1.807) is 36.4 Å². The average Bonchev–Trinajstić information content (AvgIpc) is 2.47. The summed E-state index contributed by atoms with van der Waals surface area (Å²) in [5.41, 5.74) is 0.610. The van der Waals surface area contributed by atoms with E-state index >= 15 is 0 Å². The van der Waals surface area contributed by atoms with E-state index in [2.05, 4.69) is 5.32 Å². The lowest BCUT2D eigenvalue weighted by molar-refractivity contribution is -0.119. The van der Waals surface area contributed by atoms with Crippen molar-refractivity contribution in [2.24, 2.45) is 0 Å². The van der Waals surface area contributed by atoms with E-state index in [0.29, 0.717) is 10.7 Å².